The van der Waals surface area contributed by atoms with Gasteiger partial charge in [0, 0.05) is 29.7 Å². The van der Waals surface area contributed by atoms with Gasteiger partial charge < -0.3 is 4.57 Å². The summed E-state index contributed by atoms with van der Waals surface area (Å²) in [5.74, 6) is -0.0474. The maximum absolute atomic E-state index is 13.1. The van der Waals surface area contributed by atoms with Crippen molar-refractivity contribution in [3.63, 3.8) is 0 Å². The molecule has 3 nitrogen and oxygen atoms in total. The van der Waals surface area contributed by atoms with Gasteiger partial charge in [0.25, 0.3) is 5.91 Å². The van der Waals surface area contributed by atoms with Crippen LogP contribution in [0.5, 0.6) is 0 Å². The average Bonchev–Trinajstić information content (AvgIpc) is 3.12. The summed E-state index contributed by atoms with van der Waals surface area (Å²) in [7, 11) is 2.02. The van der Waals surface area contributed by atoms with Crippen molar-refractivity contribution >= 4 is 56.9 Å². The summed E-state index contributed by atoms with van der Waals surface area (Å²) < 4.78 is 2.66. The van der Waals surface area contributed by atoms with Crippen LogP contribution in [0.4, 0.5) is 5.69 Å². The maximum Gasteiger partial charge on any atom is 0.270 e. The first-order chi connectivity index (χ1) is 12.6. The molecule has 2 aromatic carbocycles. The van der Waals surface area contributed by atoms with E-state index in [1.54, 1.807) is 4.90 Å². The Morgan fingerprint density at radius 3 is 2.65 bits per heavy atom. The quantitative estimate of drug-likeness (QED) is 0.466. The van der Waals surface area contributed by atoms with Crippen molar-refractivity contribution in [2.24, 2.45) is 7.05 Å². The van der Waals surface area contributed by atoms with E-state index in [1.165, 1.54) is 11.8 Å². The van der Waals surface area contributed by atoms with Crippen molar-refractivity contribution < 1.29 is 4.79 Å². The van der Waals surface area contributed by atoms with Gasteiger partial charge in [-0.2, -0.15) is 0 Å². The number of hydrogen-bond acceptors (Lipinski definition) is 3. The van der Waals surface area contributed by atoms with Gasteiger partial charge in [-0.05, 0) is 30.2 Å². The number of hydrogen-bond donors (Lipinski definition) is 0. The zero-order chi connectivity index (χ0) is 18.3. The van der Waals surface area contributed by atoms with Crippen LogP contribution in [0.25, 0.3) is 17.0 Å². The van der Waals surface area contributed by atoms with Crippen molar-refractivity contribution in [1.82, 2.24) is 4.57 Å². The molecule has 1 aromatic heterocycles. The molecular formula is C21H18N2OS2. The van der Waals surface area contributed by atoms with Crippen molar-refractivity contribution in [2.75, 3.05) is 4.90 Å². The number of amides is 1. The molecule has 130 valence electrons. The van der Waals surface area contributed by atoms with Crippen LogP contribution in [-0.2, 0) is 18.3 Å². The summed E-state index contributed by atoms with van der Waals surface area (Å²) in [5.41, 5.74) is 4.19. The van der Waals surface area contributed by atoms with Gasteiger partial charge in [-0.3, -0.25) is 9.69 Å². The van der Waals surface area contributed by atoms with Crippen LogP contribution in [-0.4, -0.2) is 14.8 Å². The molecule has 0 unspecified atom stereocenters. The molecule has 3 aromatic rings. The largest absolute Gasteiger partial charge is 0.350 e. The average molecular weight is 379 g/mol. The number of benzene rings is 2. The zero-order valence-corrected chi connectivity index (χ0v) is 16.2. The van der Waals surface area contributed by atoms with Crippen molar-refractivity contribution in [1.29, 1.82) is 0 Å². The number of carbonyl (C=O) groups excluding carboxylic acids is 1. The summed E-state index contributed by atoms with van der Waals surface area (Å²) in [5, 5.41) is 1.13. The van der Waals surface area contributed by atoms with E-state index in [0.29, 0.717) is 9.23 Å². The maximum atomic E-state index is 13.1. The van der Waals surface area contributed by atoms with Gasteiger partial charge in [0.15, 0.2) is 4.32 Å². The third-order valence-electron chi connectivity index (χ3n) is 4.62. The van der Waals surface area contributed by atoms with Gasteiger partial charge >= 0.3 is 0 Å². The molecule has 1 aliphatic rings. The molecule has 1 fully saturated rings. The fourth-order valence-electron chi connectivity index (χ4n) is 3.33. The van der Waals surface area contributed by atoms with Crippen LogP contribution in [0.1, 0.15) is 18.1 Å². The number of aromatic nitrogens is 1. The van der Waals surface area contributed by atoms with Gasteiger partial charge in [0.2, 0.25) is 0 Å². The third-order valence-corrected chi connectivity index (χ3v) is 5.92. The summed E-state index contributed by atoms with van der Waals surface area (Å²) in [4.78, 5) is 15.4. The minimum atomic E-state index is -0.0474. The number of thiocarbonyl (C=S) groups is 1. The molecule has 1 saturated heterocycles. The molecule has 26 heavy (non-hydrogen) atoms. The second-order valence-electron chi connectivity index (χ2n) is 6.21. The first-order valence-corrected chi connectivity index (χ1v) is 9.72. The molecule has 5 heteroatoms. The molecule has 0 aliphatic carbocycles. The van der Waals surface area contributed by atoms with Crippen LogP contribution in [0.3, 0.4) is 0 Å². The molecule has 0 bridgehead atoms. The van der Waals surface area contributed by atoms with E-state index < -0.39 is 0 Å². The van der Waals surface area contributed by atoms with Crippen LogP contribution in [0, 0.1) is 0 Å². The Morgan fingerprint density at radius 2 is 1.85 bits per heavy atom. The number of nitrogens with zero attached hydrogens (tertiary/aromatic N) is 2. The van der Waals surface area contributed by atoms with Gasteiger partial charge in [-0.1, -0.05) is 67.3 Å². The number of thioether (sulfide) groups is 1. The SMILES string of the molecule is CCc1ccccc1N1C(=O)C(=Cc2cn(C)c3ccccc23)SC1=S. The van der Waals surface area contributed by atoms with Gasteiger partial charge in [-0.25, -0.2) is 0 Å². The Labute approximate surface area is 162 Å². The van der Waals surface area contributed by atoms with E-state index in [4.69, 9.17) is 12.2 Å². The van der Waals surface area contributed by atoms with Crippen molar-refractivity contribution in [3.05, 3.63) is 70.8 Å². The minimum Gasteiger partial charge on any atom is -0.350 e. The number of fused-ring (bicyclic) bond motifs is 1. The number of para-hydroxylation sites is 2. The van der Waals surface area contributed by atoms with E-state index in [2.05, 4.69) is 29.8 Å². The van der Waals surface area contributed by atoms with E-state index >= 15 is 0 Å². The first-order valence-electron chi connectivity index (χ1n) is 8.50. The van der Waals surface area contributed by atoms with Crippen molar-refractivity contribution in [3.8, 4) is 0 Å². The molecule has 4 rings (SSSR count). The summed E-state index contributed by atoms with van der Waals surface area (Å²) in [6.45, 7) is 2.09. The summed E-state index contributed by atoms with van der Waals surface area (Å²) in [6.07, 6.45) is 4.86. The first kappa shape index (κ1) is 17.1. The lowest BCUT2D eigenvalue weighted by atomic mass is 10.1. The Bertz CT molecular complexity index is 1060. The molecule has 2 heterocycles. The molecule has 1 aliphatic heterocycles. The topological polar surface area (TPSA) is 25.2 Å². The highest BCUT2D eigenvalue weighted by Crippen LogP contribution is 2.38. The predicted molar refractivity (Wildman–Crippen MR) is 114 cm³/mol. The Balaban J connectivity index is 1.76. The second-order valence-corrected chi connectivity index (χ2v) is 7.89. The molecular weight excluding hydrogens is 360 g/mol. The van der Waals surface area contributed by atoms with Crippen LogP contribution in [0.15, 0.2) is 59.6 Å². The van der Waals surface area contributed by atoms with E-state index in [0.717, 1.165) is 34.1 Å². The number of rotatable bonds is 3. The summed E-state index contributed by atoms with van der Waals surface area (Å²) >= 11 is 6.89. The fraction of sp³-hybridized carbons (Fsp3) is 0.143. The van der Waals surface area contributed by atoms with Crippen LogP contribution in [0.2, 0.25) is 0 Å². The lowest BCUT2D eigenvalue weighted by Gasteiger charge is -2.17. The lowest BCUT2D eigenvalue weighted by molar-refractivity contribution is -0.113. The highest BCUT2D eigenvalue weighted by atomic mass is 32.2. The minimum absolute atomic E-state index is 0.0474. The van der Waals surface area contributed by atoms with Crippen LogP contribution >= 0.6 is 24.0 Å². The monoisotopic (exact) mass is 378 g/mol. The van der Waals surface area contributed by atoms with E-state index in [-0.39, 0.29) is 5.91 Å². The fourth-order valence-corrected chi connectivity index (χ4v) is 4.61. The number of aryl methyl sites for hydroxylation is 2. The lowest BCUT2D eigenvalue weighted by Crippen LogP contribution is -2.28. The van der Waals surface area contributed by atoms with Gasteiger partial charge in [0.1, 0.15) is 0 Å². The van der Waals surface area contributed by atoms with Crippen LogP contribution < -0.4 is 4.90 Å². The van der Waals surface area contributed by atoms with Crippen molar-refractivity contribution in [2.45, 2.75) is 13.3 Å². The standard InChI is InChI=1S/C21H18N2OS2/c1-3-14-8-4-6-10-17(14)23-20(24)19(26-21(23)25)12-15-13-22(2)18-11-7-5-9-16(15)18/h4-13H,3H2,1-2H3. The Morgan fingerprint density at radius 1 is 1.12 bits per heavy atom. The van der Waals surface area contributed by atoms with E-state index in [1.807, 2.05) is 49.5 Å². The molecule has 0 radical (unpaired) electrons. The number of anilines is 1. The highest BCUT2D eigenvalue weighted by Gasteiger charge is 2.34. The van der Waals surface area contributed by atoms with E-state index in [9.17, 15) is 4.79 Å². The normalized spacial score (nSPS) is 16.2. The van der Waals surface area contributed by atoms with Gasteiger partial charge in [-0.15, -0.1) is 0 Å². The molecule has 0 saturated carbocycles. The number of carbonyl (C=O) groups is 1. The third kappa shape index (κ3) is 2.77. The molecule has 0 N–H and O–H groups in total. The Kier molecular flexibility index (Phi) is 4.42. The molecule has 0 spiro atoms. The summed E-state index contributed by atoms with van der Waals surface area (Å²) in [6, 6.07) is 16.1. The van der Waals surface area contributed by atoms with Gasteiger partial charge in [0.05, 0.1) is 10.6 Å². The second kappa shape index (κ2) is 6.74. The molecule has 1 amide bonds. The Hall–Kier alpha value is -2.37. The smallest absolute Gasteiger partial charge is 0.270 e. The predicted octanol–water partition coefficient (Wildman–Crippen LogP) is 5.15. The molecule has 0 atom stereocenters. The zero-order valence-electron chi connectivity index (χ0n) is 14.6. The highest BCUT2D eigenvalue weighted by molar-refractivity contribution is 8.27.